The Morgan fingerprint density at radius 1 is 1.32 bits per heavy atom. The third kappa shape index (κ3) is 4.88. The van der Waals surface area contributed by atoms with Gasteiger partial charge in [-0.25, -0.2) is 8.42 Å². The highest BCUT2D eigenvalue weighted by Gasteiger charge is 2.31. The molecule has 19 heavy (non-hydrogen) atoms. The van der Waals surface area contributed by atoms with Gasteiger partial charge in [-0.1, -0.05) is 11.6 Å². The van der Waals surface area contributed by atoms with E-state index in [4.69, 9.17) is 11.6 Å². The lowest BCUT2D eigenvalue weighted by Crippen LogP contribution is -2.24. The molecule has 9 heteroatoms. The van der Waals surface area contributed by atoms with E-state index < -0.39 is 21.8 Å². The van der Waals surface area contributed by atoms with Crippen LogP contribution in [0.2, 0.25) is 5.02 Å². The summed E-state index contributed by atoms with van der Waals surface area (Å²) < 4.78 is 62.7. The number of hydrogen-bond acceptors (Lipinski definition) is 3. The standard InChI is InChI=1S/C10H12ClF3N2O2S/c1-15-4-5-19(17,18)16-9-6-7(10(12,13)14)2-3-8(9)11/h2-3,6,15-16H,4-5H2,1H3. The molecule has 0 aliphatic heterocycles. The molecule has 1 aromatic rings. The summed E-state index contributed by atoms with van der Waals surface area (Å²) in [5.41, 5.74) is -1.25. The van der Waals surface area contributed by atoms with Crippen LogP contribution in [-0.4, -0.2) is 27.8 Å². The molecule has 0 spiro atoms. The number of anilines is 1. The van der Waals surface area contributed by atoms with Crippen LogP contribution in [0.3, 0.4) is 0 Å². The van der Waals surface area contributed by atoms with Gasteiger partial charge in [0.25, 0.3) is 0 Å². The molecule has 0 heterocycles. The molecular formula is C10H12ClF3N2O2S. The van der Waals surface area contributed by atoms with Gasteiger partial charge < -0.3 is 5.32 Å². The Morgan fingerprint density at radius 2 is 1.95 bits per heavy atom. The fourth-order valence-corrected chi connectivity index (χ4v) is 2.53. The zero-order valence-electron chi connectivity index (χ0n) is 9.88. The highest BCUT2D eigenvalue weighted by molar-refractivity contribution is 7.92. The van der Waals surface area contributed by atoms with E-state index in [0.717, 1.165) is 12.1 Å². The molecule has 1 aromatic carbocycles. The van der Waals surface area contributed by atoms with Crippen LogP contribution in [0.5, 0.6) is 0 Å². The molecule has 0 aromatic heterocycles. The zero-order chi connectivity index (χ0) is 14.7. The smallest absolute Gasteiger partial charge is 0.319 e. The van der Waals surface area contributed by atoms with E-state index in [9.17, 15) is 21.6 Å². The summed E-state index contributed by atoms with van der Waals surface area (Å²) in [5.74, 6) is -0.268. The van der Waals surface area contributed by atoms with Crippen molar-refractivity contribution in [2.24, 2.45) is 0 Å². The summed E-state index contributed by atoms with van der Waals surface area (Å²) in [6, 6.07) is 2.45. The quantitative estimate of drug-likeness (QED) is 0.876. The van der Waals surface area contributed by atoms with Crippen molar-refractivity contribution < 1.29 is 21.6 Å². The second kappa shape index (κ2) is 5.98. The van der Waals surface area contributed by atoms with Crippen LogP contribution >= 0.6 is 11.6 Å². The molecule has 0 unspecified atom stereocenters. The number of nitrogens with one attached hydrogen (secondary N) is 2. The molecule has 108 valence electrons. The Bertz CT molecular complexity index is 546. The van der Waals surface area contributed by atoms with Gasteiger partial charge in [-0.15, -0.1) is 0 Å². The summed E-state index contributed by atoms with van der Waals surface area (Å²) in [6.07, 6.45) is -4.56. The topological polar surface area (TPSA) is 58.2 Å². The lowest BCUT2D eigenvalue weighted by molar-refractivity contribution is -0.137. The lowest BCUT2D eigenvalue weighted by atomic mass is 10.2. The van der Waals surface area contributed by atoms with Crippen molar-refractivity contribution in [3.05, 3.63) is 28.8 Å². The molecule has 0 saturated carbocycles. The third-order valence-electron chi connectivity index (χ3n) is 2.18. The minimum atomic E-state index is -4.56. The van der Waals surface area contributed by atoms with Crippen LogP contribution in [0.15, 0.2) is 18.2 Å². The molecule has 0 aliphatic carbocycles. The first-order valence-electron chi connectivity index (χ1n) is 5.17. The van der Waals surface area contributed by atoms with Crippen molar-refractivity contribution in [3.63, 3.8) is 0 Å². The first-order chi connectivity index (χ1) is 8.65. The van der Waals surface area contributed by atoms with Crippen LogP contribution in [0.1, 0.15) is 5.56 Å². The Kier molecular flexibility index (Phi) is 5.05. The maximum Gasteiger partial charge on any atom is 0.416 e. The van der Waals surface area contributed by atoms with Gasteiger partial charge in [0.2, 0.25) is 10.0 Å². The average Bonchev–Trinajstić information content (AvgIpc) is 2.28. The molecule has 0 atom stereocenters. The number of rotatable bonds is 5. The molecule has 2 N–H and O–H groups in total. The second-order valence-electron chi connectivity index (χ2n) is 3.72. The molecule has 4 nitrogen and oxygen atoms in total. The first kappa shape index (κ1) is 16.1. The normalized spacial score (nSPS) is 12.5. The van der Waals surface area contributed by atoms with Gasteiger partial charge in [0, 0.05) is 6.54 Å². The number of sulfonamides is 1. The molecule has 1 rings (SSSR count). The van der Waals surface area contributed by atoms with Crippen LogP contribution in [0.25, 0.3) is 0 Å². The van der Waals surface area contributed by atoms with E-state index in [1.807, 2.05) is 4.72 Å². The monoisotopic (exact) mass is 316 g/mol. The highest BCUT2D eigenvalue weighted by Crippen LogP contribution is 2.34. The van der Waals surface area contributed by atoms with Crippen LogP contribution in [0, 0.1) is 0 Å². The summed E-state index contributed by atoms with van der Waals surface area (Å²) >= 11 is 5.68. The predicted molar refractivity (Wildman–Crippen MR) is 67.8 cm³/mol. The number of benzene rings is 1. The summed E-state index contributed by atoms with van der Waals surface area (Å²) in [7, 11) is -2.18. The Labute approximate surface area is 114 Å². The van der Waals surface area contributed by atoms with Gasteiger partial charge in [-0.2, -0.15) is 13.2 Å². The number of hydrogen-bond donors (Lipinski definition) is 2. The van der Waals surface area contributed by atoms with Gasteiger partial charge in [0.1, 0.15) is 0 Å². The van der Waals surface area contributed by atoms with Crippen LogP contribution in [0.4, 0.5) is 18.9 Å². The molecule has 0 aliphatic rings. The zero-order valence-corrected chi connectivity index (χ0v) is 11.5. The van der Waals surface area contributed by atoms with Gasteiger partial charge in [0.15, 0.2) is 0 Å². The maximum atomic E-state index is 12.5. The fourth-order valence-electron chi connectivity index (χ4n) is 1.23. The molecule has 0 saturated heterocycles. The van der Waals surface area contributed by atoms with E-state index in [1.165, 1.54) is 0 Å². The summed E-state index contributed by atoms with van der Waals surface area (Å²) in [6.45, 7) is 0.173. The van der Waals surface area contributed by atoms with Crippen LogP contribution < -0.4 is 10.0 Å². The third-order valence-corrected chi connectivity index (χ3v) is 3.78. The van der Waals surface area contributed by atoms with Crippen molar-refractivity contribution in [3.8, 4) is 0 Å². The van der Waals surface area contributed by atoms with Crippen LogP contribution in [-0.2, 0) is 16.2 Å². The van der Waals surface area contributed by atoms with E-state index in [2.05, 4.69) is 5.32 Å². The molecular weight excluding hydrogens is 305 g/mol. The maximum absolute atomic E-state index is 12.5. The highest BCUT2D eigenvalue weighted by atomic mass is 35.5. The number of halogens is 4. The van der Waals surface area contributed by atoms with Crippen molar-refractivity contribution in [2.45, 2.75) is 6.18 Å². The Hall–Kier alpha value is -0.990. The SMILES string of the molecule is CNCCS(=O)(=O)Nc1cc(C(F)(F)F)ccc1Cl. The van der Waals surface area contributed by atoms with Crippen molar-refractivity contribution >= 4 is 27.3 Å². The summed E-state index contributed by atoms with van der Waals surface area (Å²) in [5, 5.41) is 2.53. The van der Waals surface area contributed by atoms with E-state index in [0.29, 0.717) is 6.07 Å². The average molecular weight is 317 g/mol. The molecule has 0 amide bonds. The van der Waals surface area contributed by atoms with Crippen molar-refractivity contribution in [1.29, 1.82) is 0 Å². The van der Waals surface area contributed by atoms with Crippen molar-refractivity contribution in [2.75, 3.05) is 24.1 Å². The molecule has 0 bridgehead atoms. The first-order valence-corrected chi connectivity index (χ1v) is 7.20. The van der Waals surface area contributed by atoms with E-state index >= 15 is 0 Å². The summed E-state index contributed by atoms with van der Waals surface area (Å²) in [4.78, 5) is 0. The number of alkyl halides is 3. The second-order valence-corrected chi connectivity index (χ2v) is 5.97. The predicted octanol–water partition coefficient (Wildman–Crippen LogP) is 2.32. The van der Waals surface area contributed by atoms with Gasteiger partial charge in [-0.05, 0) is 25.2 Å². The minimum absolute atomic E-state index is 0.0963. The van der Waals surface area contributed by atoms with Gasteiger partial charge in [-0.3, -0.25) is 4.72 Å². The fraction of sp³-hybridized carbons (Fsp3) is 0.400. The molecule has 0 fully saturated rings. The Balaban J connectivity index is 3.01. The molecule has 0 radical (unpaired) electrons. The lowest BCUT2D eigenvalue weighted by Gasteiger charge is -2.12. The minimum Gasteiger partial charge on any atom is -0.319 e. The van der Waals surface area contributed by atoms with Crippen molar-refractivity contribution in [1.82, 2.24) is 5.32 Å². The Morgan fingerprint density at radius 3 is 2.47 bits per heavy atom. The van der Waals surface area contributed by atoms with E-state index in [1.54, 1.807) is 7.05 Å². The van der Waals surface area contributed by atoms with E-state index in [-0.39, 0.29) is 23.0 Å². The largest absolute Gasteiger partial charge is 0.416 e. The van der Waals surface area contributed by atoms with Gasteiger partial charge >= 0.3 is 6.18 Å². The van der Waals surface area contributed by atoms with Gasteiger partial charge in [0.05, 0.1) is 22.0 Å².